The number of hydrogen-bond acceptors (Lipinski definition) is 3. The second-order valence-electron chi connectivity index (χ2n) is 8.60. The number of benzene rings is 3. The highest BCUT2D eigenvalue weighted by Crippen LogP contribution is 2.49. The maximum Gasteiger partial charge on any atom is 0.180 e. The van der Waals surface area contributed by atoms with E-state index in [9.17, 15) is 0 Å². The SMILES string of the molecule is C1=C(c2ccc(-c3ccccc3)cc2)NN2[C@@H]1c1ccccc1OC21CCCCC1. The Morgan fingerprint density at radius 1 is 0.733 bits per heavy atom. The van der Waals surface area contributed by atoms with Gasteiger partial charge in [0.2, 0.25) is 0 Å². The summed E-state index contributed by atoms with van der Waals surface area (Å²) in [5, 5.41) is 2.38. The summed E-state index contributed by atoms with van der Waals surface area (Å²) in [6, 6.07) is 28.1. The zero-order valence-corrected chi connectivity index (χ0v) is 17.1. The monoisotopic (exact) mass is 394 g/mol. The molecule has 3 nitrogen and oxygen atoms in total. The van der Waals surface area contributed by atoms with E-state index in [-0.39, 0.29) is 11.8 Å². The first-order valence-electron chi connectivity index (χ1n) is 11.0. The van der Waals surface area contributed by atoms with Crippen molar-refractivity contribution in [2.24, 2.45) is 0 Å². The molecular weight excluding hydrogens is 368 g/mol. The average Bonchev–Trinajstić information content (AvgIpc) is 3.28. The van der Waals surface area contributed by atoms with Gasteiger partial charge in [-0.1, -0.05) is 79.2 Å². The second-order valence-corrected chi connectivity index (χ2v) is 8.60. The van der Waals surface area contributed by atoms with Crippen molar-refractivity contribution in [1.29, 1.82) is 0 Å². The highest BCUT2D eigenvalue weighted by molar-refractivity contribution is 5.71. The van der Waals surface area contributed by atoms with Crippen LogP contribution in [0.25, 0.3) is 16.8 Å². The molecule has 3 aliphatic rings. The van der Waals surface area contributed by atoms with Crippen molar-refractivity contribution in [2.75, 3.05) is 0 Å². The van der Waals surface area contributed by atoms with Gasteiger partial charge in [-0.15, -0.1) is 0 Å². The fourth-order valence-corrected chi connectivity index (χ4v) is 5.21. The summed E-state index contributed by atoms with van der Waals surface area (Å²) in [7, 11) is 0. The fraction of sp³-hybridized carbons (Fsp3) is 0.259. The largest absolute Gasteiger partial charge is 0.471 e. The van der Waals surface area contributed by atoms with E-state index in [0.29, 0.717) is 0 Å². The van der Waals surface area contributed by atoms with Crippen LogP contribution in [0.15, 0.2) is 84.9 Å². The lowest BCUT2D eigenvalue weighted by Crippen LogP contribution is -2.60. The lowest BCUT2D eigenvalue weighted by atomic mass is 9.87. The molecule has 0 bridgehead atoms. The van der Waals surface area contributed by atoms with E-state index in [2.05, 4.69) is 95.4 Å². The normalized spacial score (nSPS) is 21.9. The summed E-state index contributed by atoms with van der Waals surface area (Å²) in [5.41, 5.74) is 9.61. The van der Waals surface area contributed by atoms with E-state index in [1.54, 1.807) is 0 Å². The molecule has 0 saturated heterocycles. The maximum atomic E-state index is 6.67. The number of fused-ring (bicyclic) bond motifs is 4. The topological polar surface area (TPSA) is 24.5 Å². The first-order valence-corrected chi connectivity index (χ1v) is 11.0. The number of nitrogens with zero attached hydrogens (tertiary/aromatic N) is 1. The van der Waals surface area contributed by atoms with Gasteiger partial charge in [-0.25, -0.2) is 0 Å². The fourth-order valence-electron chi connectivity index (χ4n) is 5.21. The lowest BCUT2D eigenvalue weighted by Gasteiger charge is -2.50. The Morgan fingerprint density at radius 2 is 1.40 bits per heavy atom. The Morgan fingerprint density at radius 3 is 2.20 bits per heavy atom. The van der Waals surface area contributed by atoms with Gasteiger partial charge < -0.3 is 10.2 Å². The molecule has 0 unspecified atom stereocenters. The van der Waals surface area contributed by atoms with Gasteiger partial charge in [0.05, 0.1) is 11.7 Å². The molecule has 150 valence electrons. The molecule has 2 heterocycles. The molecule has 1 spiro atoms. The number of rotatable bonds is 2. The van der Waals surface area contributed by atoms with Crippen LogP contribution in [0.1, 0.15) is 49.3 Å². The highest BCUT2D eigenvalue weighted by atomic mass is 16.5. The van der Waals surface area contributed by atoms with Gasteiger partial charge in [-0.05, 0) is 41.7 Å². The van der Waals surface area contributed by atoms with Crippen LogP contribution in [-0.2, 0) is 0 Å². The van der Waals surface area contributed by atoms with Crippen molar-refractivity contribution < 1.29 is 4.74 Å². The van der Waals surface area contributed by atoms with E-state index < -0.39 is 0 Å². The first-order chi connectivity index (χ1) is 14.8. The molecule has 0 aromatic heterocycles. The smallest absolute Gasteiger partial charge is 0.180 e. The molecule has 3 aromatic carbocycles. The molecule has 30 heavy (non-hydrogen) atoms. The molecule has 1 fully saturated rings. The molecule has 1 saturated carbocycles. The van der Waals surface area contributed by atoms with E-state index in [0.717, 1.165) is 18.6 Å². The van der Waals surface area contributed by atoms with Gasteiger partial charge in [-0.2, -0.15) is 5.01 Å². The number of hydrogen-bond donors (Lipinski definition) is 1. The van der Waals surface area contributed by atoms with Crippen LogP contribution in [0.2, 0.25) is 0 Å². The van der Waals surface area contributed by atoms with Crippen LogP contribution in [-0.4, -0.2) is 10.7 Å². The third kappa shape index (κ3) is 2.85. The maximum absolute atomic E-state index is 6.67. The molecule has 1 aliphatic carbocycles. The molecule has 6 rings (SSSR count). The molecular formula is C27H26N2O. The van der Waals surface area contributed by atoms with Gasteiger partial charge in [0.15, 0.2) is 5.72 Å². The minimum Gasteiger partial charge on any atom is -0.471 e. The molecule has 2 aliphatic heterocycles. The molecule has 0 amide bonds. The van der Waals surface area contributed by atoms with Crippen LogP contribution in [0, 0.1) is 0 Å². The van der Waals surface area contributed by atoms with Gasteiger partial charge in [0.1, 0.15) is 5.75 Å². The van der Waals surface area contributed by atoms with E-state index in [4.69, 9.17) is 4.74 Å². The van der Waals surface area contributed by atoms with Crippen LogP contribution in [0.5, 0.6) is 5.75 Å². The van der Waals surface area contributed by atoms with Crippen molar-refractivity contribution >= 4 is 5.70 Å². The van der Waals surface area contributed by atoms with E-state index in [1.807, 2.05) is 0 Å². The Bertz CT molecular complexity index is 1080. The van der Waals surface area contributed by atoms with E-state index >= 15 is 0 Å². The van der Waals surface area contributed by atoms with Gasteiger partial charge in [-0.3, -0.25) is 0 Å². The molecule has 1 N–H and O–H groups in total. The summed E-state index contributed by atoms with van der Waals surface area (Å²) in [6.45, 7) is 0. The summed E-state index contributed by atoms with van der Waals surface area (Å²) in [5.74, 6) is 1.04. The Balaban J connectivity index is 1.36. The van der Waals surface area contributed by atoms with E-state index in [1.165, 1.54) is 47.2 Å². The van der Waals surface area contributed by atoms with Crippen molar-refractivity contribution in [2.45, 2.75) is 43.9 Å². The molecule has 0 radical (unpaired) electrons. The van der Waals surface area contributed by atoms with Crippen LogP contribution in [0.4, 0.5) is 0 Å². The van der Waals surface area contributed by atoms with Crippen molar-refractivity contribution in [1.82, 2.24) is 10.4 Å². The van der Waals surface area contributed by atoms with Crippen LogP contribution < -0.4 is 10.2 Å². The quantitative estimate of drug-likeness (QED) is 0.551. The number of hydrazine groups is 1. The van der Waals surface area contributed by atoms with Gasteiger partial charge in [0.25, 0.3) is 0 Å². The molecule has 3 aromatic rings. The zero-order chi connectivity index (χ0) is 20.0. The summed E-state index contributed by atoms with van der Waals surface area (Å²) in [4.78, 5) is 0. The number of nitrogens with one attached hydrogen (secondary N) is 1. The molecule has 1 atom stereocenters. The molecule has 3 heteroatoms. The summed E-state index contributed by atoms with van der Waals surface area (Å²) < 4.78 is 6.67. The van der Waals surface area contributed by atoms with Crippen molar-refractivity contribution in [3.05, 3.63) is 96.1 Å². The standard InChI is InChI=1S/C27H26N2O/c1-3-9-20(10-4-1)21-13-15-22(16-14-21)24-19-25-23-11-5-6-12-26(23)30-27(29(25)28-24)17-7-2-8-18-27/h1,3-6,9-16,19,25,28H,2,7-8,17-18H2/t25-/m0/s1. The van der Waals surface area contributed by atoms with Gasteiger partial charge in [0, 0.05) is 18.4 Å². The minimum absolute atomic E-state index is 0.205. The lowest BCUT2D eigenvalue weighted by molar-refractivity contribution is -0.150. The third-order valence-electron chi connectivity index (χ3n) is 6.76. The Hall–Kier alpha value is -3.04. The Labute approximate surface area is 178 Å². The number of para-hydroxylation sites is 1. The Kier molecular flexibility index (Phi) is 4.17. The predicted octanol–water partition coefficient (Wildman–Crippen LogP) is 6.31. The van der Waals surface area contributed by atoms with Crippen LogP contribution in [0.3, 0.4) is 0 Å². The zero-order valence-electron chi connectivity index (χ0n) is 17.1. The second kappa shape index (κ2) is 7.03. The summed E-state index contributed by atoms with van der Waals surface area (Å²) in [6.07, 6.45) is 8.24. The summed E-state index contributed by atoms with van der Waals surface area (Å²) >= 11 is 0. The van der Waals surface area contributed by atoms with Crippen molar-refractivity contribution in [3.8, 4) is 16.9 Å². The average molecular weight is 395 g/mol. The van der Waals surface area contributed by atoms with Gasteiger partial charge >= 0.3 is 0 Å². The first kappa shape index (κ1) is 17.8. The predicted molar refractivity (Wildman–Crippen MR) is 120 cm³/mol. The number of ether oxygens (including phenoxy) is 1. The van der Waals surface area contributed by atoms with Crippen molar-refractivity contribution in [3.63, 3.8) is 0 Å². The van der Waals surface area contributed by atoms with Crippen LogP contribution >= 0.6 is 0 Å². The minimum atomic E-state index is -0.250. The third-order valence-corrected chi connectivity index (χ3v) is 6.76. The highest BCUT2D eigenvalue weighted by Gasteiger charge is 2.50.